The molecule has 5 nitrogen and oxygen atoms in total. The van der Waals surface area contributed by atoms with E-state index in [1.807, 2.05) is 31.2 Å². The van der Waals surface area contributed by atoms with Gasteiger partial charge in [0.15, 0.2) is 0 Å². The van der Waals surface area contributed by atoms with Gasteiger partial charge in [-0.25, -0.2) is 0 Å². The third-order valence-electron chi connectivity index (χ3n) is 3.72. The Morgan fingerprint density at radius 1 is 1.27 bits per heavy atom. The van der Waals surface area contributed by atoms with Crippen LogP contribution in [0.3, 0.4) is 0 Å². The van der Waals surface area contributed by atoms with Crippen LogP contribution in [-0.4, -0.2) is 30.3 Å². The predicted molar refractivity (Wildman–Crippen MR) is 94.5 cm³/mol. The molecule has 0 saturated heterocycles. The third-order valence-corrected chi connectivity index (χ3v) is 3.95. The monoisotopic (exact) mass is 385 g/mol. The molecule has 0 aliphatic carbocycles. The molecular weight excluding hydrogens is 365 g/mol. The molecule has 7 heteroatoms. The van der Waals surface area contributed by atoms with Gasteiger partial charge < -0.3 is 25.1 Å². The Morgan fingerprint density at radius 3 is 2.58 bits per heavy atom. The molecule has 2 N–H and O–H groups in total. The maximum Gasteiger partial charge on any atom is 1.00 e. The van der Waals surface area contributed by atoms with Gasteiger partial charge in [0.05, 0.1) is 12.1 Å². The van der Waals surface area contributed by atoms with E-state index >= 15 is 0 Å². The van der Waals surface area contributed by atoms with E-state index in [0.29, 0.717) is 17.3 Å². The maximum absolute atomic E-state index is 10.4. The zero-order chi connectivity index (χ0) is 18.2. The number of halogens is 1. The fourth-order valence-corrected chi connectivity index (χ4v) is 2.63. The van der Waals surface area contributed by atoms with E-state index in [1.54, 1.807) is 24.3 Å². The van der Waals surface area contributed by atoms with Crippen LogP contribution in [0.15, 0.2) is 48.5 Å². The Morgan fingerprint density at radius 2 is 1.96 bits per heavy atom. The number of ether oxygens (including phenoxy) is 1. The average Bonchev–Trinajstić information content (AvgIpc) is 2.59. The van der Waals surface area contributed by atoms with Crippen LogP contribution in [0, 0.1) is 0 Å². The van der Waals surface area contributed by atoms with Crippen LogP contribution in [0.2, 0.25) is 5.02 Å². The molecule has 0 unspecified atom stereocenters. The second-order valence-electron chi connectivity index (χ2n) is 5.89. The van der Waals surface area contributed by atoms with Crippen molar-refractivity contribution in [1.82, 2.24) is 5.32 Å². The minimum absolute atomic E-state index is 0. The first kappa shape index (κ1) is 23.0. The molecule has 0 radical (unpaired) electrons. The van der Waals surface area contributed by atoms with Crippen LogP contribution in [0.25, 0.3) is 0 Å². The first-order valence-corrected chi connectivity index (χ1v) is 8.40. The number of carboxylic acid groups (broad SMARTS) is 1. The number of nitrogens with one attached hydrogen (secondary N) is 1. The number of rotatable bonds is 9. The summed E-state index contributed by atoms with van der Waals surface area (Å²) in [6.45, 7) is 2.00. The van der Waals surface area contributed by atoms with Crippen molar-refractivity contribution in [2.24, 2.45) is 0 Å². The second-order valence-corrected chi connectivity index (χ2v) is 6.33. The van der Waals surface area contributed by atoms with Crippen molar-refractivity contribution in [3.8, 4) is 5.75 Å². The minimum atomic E-state index is -1.25. The molecule has 2 aromatic carbocycles. The fourth-order valence-electron chi connectivity index (χ4n) is 2.43. The van der Waals surface area contributed by atoms with E-state index in [4.69, 9.17) is 16.3 Å². The van der Waals surface area contributed by atoms with Gasteiger partial charge >= 0.3 is 29.6 Å². The summed E-state index contributed by atoms with van der Waals surface area (Å²) < 4.78 is 5.04. The number of benzene rings is 2. The van der Waals surface area contributed by atoms with Gasteiger partial charge in [0.1, 0.15) is 12.4 Å². The summed E-state index contributed by atoms with van der Waals surface area (Å²) in [5, 5.41) is 24.5. The topological polar surface area (TPSA) is 81.6 Å². The molecule has 134 valence electrons. The molecule has 0 aliphatic rings. The quantitative estimate of drug-likeness (QED) is 0.526. The van der Waals surface area contributed by atoms with Gasteiger partial charge in [-0.05, 0) is 48.7 Å². The number of carboxylic acids is 1. The number of carbonyl (C=O) groups excluding carboxylic acids is 1. The molecule has 0 saturated carbocycles. The van der Waals surface area contributed by atoms with Crippen LogP contribution in [-0.2, 0) is 11.2 Å². The number of hydrogen-bond donors (Lipinski definition) is 2. The van der Waals surface area contributed by atoms with Gasteiger partial charge in [-0.15, -0.1) is 0 Å². The zero-order valence-corrected chi connectivity index (χ0v) is 17.7. The number of aliphatic carboxylic acids is 1. The van der Waals surface area contributed by atoms with E-state index in [9.17, 15) is 15.0 Å². The SMILES string of the molecule is C[C@H](Cc1ccc(OCC(=O)[O-])cc1)NC[C@@H](O)c1cccc(Cl)c1.[Na+]. The number of hydrogen-bond acceptors (Lipinski definition) is 5. The Bertz CT molecular complexity index is 696. The molecule has 2 atom stereocenters. The standard InChI is InChI=1S/C19H22ClNO4.Na/c1-13(21-11-18(22)15-3-2-4-16(20)10-15)9-14-5-7-17(8-6-14)25-12-19(23)24;/h2-8,10,13,18,21-22H,9,11-12H2,1H3,(H,23,24);/q;+1/p-1/t13-,18-;/m1./s1. The Hall–Kier alpha value is -1.08. The summed E-state index contributed by atoms with van der Waals surface area (Å²) in [6, 6.07) is 14.6. The van der Waals surface area contributed by atoms with Crippen molar-refractivity contribution in [2.75, 3.05) is 13.2 Å². The van der Waals surface area contributed by atoms with E-state index in [-0.39, 0.29) is 35.6 Å². The van der Waals surface area contributed by atoms with Crippen LogP contribution < -0.4 is 44.7 Å². The van der Waals surface area contributed by atoms with Crippen LogP contribution >= 0.6 is 11.6 Å². The van der Waals surface area contributed by atoms with Crippen molar-refractivity contribution in [3.05, 3.63) is 64.7 Å². The van der Waals surface area contributed by atoms with Crippen molar-refractivity contribution in [3.63, 3.8) is 0 Å². The minimum Gasteiger partial charge on any atom is -0.546 e. The fraction of sp³-hybridized carbons (Fsp3) is 0.316. The molecule has 2 rings (SSSR count). The van der Waals surface area contributed by atoms with Gasteiger partial charge in [0, 0.05) is 17.6 Å². The zero-order valence-electron chi connectivity index (χ0n) is 14.9. The molecule has 0 aliphatic heterocycles. The first-order chi connectivity index (χ1) is 11.9. The van der Waals surface area contributed by atoms with Gasteiger partial charge in [-0.1, -0.05) is 35.9 Å². The molecule has 0 amide bonds. The van der Waals surface area contributed by atoms with Gasteiger partial charge in [-0.2, -0.15) is 0 Å². The maximum atomic E-state index is 10.4. The van der Waals surface area contributed by atoms with Gasteiger partial charge in [0.2, 0.25) is 0 Å². The number of aliphatic hydroxyl groups excluding tert-OH is 1. The molecule has 0 heterocycles. The van der Waals surface area contributed by atoms with Crippen molar-refractivity contribution in [2.45, 2.75) is 25.5 Å². The second kappa shape index (κ2) is 11.6. The predicted octanol–water partition coefficient (Wildman–Crippen LogP) is -1.27. The summed E-state index contributed by atoms with van der Waals surface area (Å²) >= 11 is 5.93. The van der Waals surface area contributed by atoms with Crippen molar-refractivity contribution >= 4 is 17.6 Å². The van der Waals surface area contributed by atoms with Crippen LogP contribution in [0.1, 0.15) is 24.2 Å². The van der Waals surface area contributed by atoms with E-state index < -0.39 is 18.7 Å². The molecule has 0 bridgehead atoms. The normalized spacial score (nSPS) is 12.7. The third kappa shape index (κ3) is 8.08. The average molecular weight is 386 g/mol. The summed E-state index contributed by atoms with van der Waals surface area (Å²) in [5.74, 6) is -0.759. The van der Waals surface area contributed by atoms with Crippen LogP contribution in [0.4, 0.5) is 0 Å². The molecule has 0 spiro atoms. The smallest absolute Gasteiger partial charge is 0.546 e. The molecule has 26 heavy (non-hydrogen) atoms. The molecular formula is C19H21ClNNaO4. The first-order valence-electron chi connectivity index (χ1n) is 8.02. The molecule has 0 aromatic heterocycles. The Labute approximate surface area is 180 Å². The van der Waals surface area contributed by atoms with E-state index in [1.165, 1.54) is 0 Å². The Balaban J connectivity index is 0.00000338. The van der Waals surface area contributed by atoms with E-state index in [2.05, 4.69) is 5.32 Å². The Kier molecular flexibility index (Phi) is 10.2. The largest absolute Gasteiger partial charge is 1.00 e. The molecule has 0 fully saturated rings. The van der Waals surface area contributed by atoms with E-state index in [0.717, 1.165) is 17.5 Å². The summed E-state index contributed by atoms with van der Waals surface area (Å²) in [7, 11) is 0. The summed E-state index contributed by atoms with van der Waals surface area (Å²) in [5.41, 5.74) is 1.86. The van der Waals surface area contributed by atoms with Gasteiger partial charge in [0.25, 0.3) is 0 Å². The summed E-state index contributed by atoms with van der Waals surface area (Å²) in [6.07, 6.45) is 0.143. The van der Waals surface area contributed by atoms with Crippen LogP contribution in [0.5, 0.6) is 5.75 Å². The summed E-state index contributed by atoms with van der Waals surface area (Å²) in [4.78, 5) is 10.4. The number of carbonyl (C=O) groups is 1. The number of aliphatic hydroxyl groups is 1. The molecule has 2 aromatic rings. The van der Waals surface area contributed by atoms with Crippen molar-refractivity contribution in [1.29, 1.82) is 0 Å². The van der Waals surface area contributed by atoms with Crippen molar-refractivity contribution < 1.29 is 49.3 Å². The van der Waals surface area contributed by atoms with Gasteiger partial charge in [-0.3, -0.25) is 0 Å².